The van der Waals surface area contributed by atoms with Crippen LogP contribution in [0.3, 0.4) is 0 Å². The van der Waals surface area contributed by atoms with Crippen LogP contribution in [0.2, 0.25) is 0 Å². The van der Waals surface area contributed by atoms with E-state index in [9.17, 15) is 13.2 Å². The Hall–Kier alpha value is -0.370. The van der Waals surface area contributed by atoms with Crippen LogP contribution in [0.5, 0.6) is 0 Å². The second-order valence-corrected chi connectivity index (χ2v) is 7.57. The Kier molecular flexibility index (Phi) is 7.39. The van der Waals surface area contributed by atoms with Gasteiger partial charge < -0.3 is 10.1 Å². The molecule has 2 rings (SSSR count). The van der Waals surface area contributed by atoms with Crippen molar-refractivity contribution >= 4 is 28.4 Å². The average Bonchev–Trinajstić information content (AvgIpc) is 2.47. The van der Waals surface area contributed by atoms with Crippen molar-refractivity contribution in [1.29, 1.82) is 0 Å². The summed E-state index contributed by atoms with van der Waals surface area (Å²) in [5.41, 5.74) is 0. The Balaban J connectivity index is 0.00000220. The number of sulfonamides is 1. The molecule has 0 spiro atoms. The standard InChI is InChI=1S/C13H24N2O4S.ClH/c1-19-13(16)11-4-2-3-5-12(11)20(17,18)15-10-6-8-14-9-7-10;/h10-12,14-15H,2-9H2,1H3;1H. The number of esters is 1. The number of rotatable bonds is 4. The first-order valence-electron chi connectivity index (χ1n) is 7.34. The molecule has 6 nitrogen and oxygen atoms in total. The zero-order valence-corrected chi connectivity index (χ0v) is 14.0. The summed E-state index contributed by atoms with van der Waals surface area (Å²) >= 11 is 0. The summed E-state index contributed by atoms with van der Waals surface area (Å²) in [5, 5.41) is 2.57. The molecule has 0 amide bonds. The van der Waals surface area contributed by atoms with Gasteiger partial charge in [0.15, 0.2) is 0 Å². The van der Waals surface area contributed by atoms with Crippen LogP contribution in [0.15, 0.2) is 0 Å². The van der Waals surface area contributed by atoms with Crippen molar-refractivity contribution in [2.24, 2.45) is 5.92 Å². The highest BCUT2D eigenvalue weighted by Crippen LogP contribution is 2.30. The van der Waals surface area contributed by atoms with Crippen LogP contribution in [-0.4, -0.2) is 45.9 Å². The van der Waals surface area contributed by atoms with E-state index in [1.165, 1.54) is 7.11 Å². The van der Waals surface area contributed by atoms with Gasteiger partial charge in [0.05, 0.1) is 18.3 Å². The minimum absolute atomic E-state index is 0. The van der Waals surface area contributed by atoms with Crippen LogP contribution in [0, 0.1) is 5.92 Å². The summed E-state index contributed by atoms with van der Waals surface area (Å²) in [4.78, 5) is 11.8. The summed E-state index contributed by atoms with van der Waals surface area (Å²) in [6, 6.07) is -0.0125. The van der Waals surface area contributed by atoms with Crippen LogP contribution in [0.4, 0.5) is 0 Å². The van der Waals surface area contributed by atoms with Crippen LogP contribution in [0.25, 0.3) is 0 Å². The van der Waals surface area contributed by atoms with Gasteiger partial charge in [0, 0.05) is 6.04 Å². The molecule has 2 aliphatic rings. The Morgan fingerprint density at radius 2 is 1.76 bits per heavy atom. The fourth-order valence-electron chi connectivity index (χ4n) is 3.15. The second-order valence-electron chi connectivity index (χ2n) is 5.64. The average molecular weight is 341 g/mol. The van der Waals surface area contributed by atoms with Crippen molar-refractivity contribution in [3.8, 4) is 0 Å². The number of carbonyl (C=O) groups excluding carboxylic acids is 1. The summed E-state index contributed by atoms with van der Waals surface area (Å²) in [6.07, 6.45) is 4.48. The number of nitrogens with one attached hydrogen (secondary N) is 2. The van der Waals surface area contributed by atoms with Crippen LogP contribution < -0.4 is 10.0 Å². The molecule has 8 heteroatoms. The van der Waals surface area contributed by atoms with Gasteiger partial charge in [-0.1, -0.05) is 12.8 Å². The molecule has 124 valence electrons. The highest BCUT2D eigenvalue weighted by molar-refractivity contribution is 7.90. The number of hydrogen-bond acceptors (Lipinski definition) is 5. The Morgan fingerprint density at radius 1 is 1.14 bits per heavy atom. The molecule has 1 aliphatic heterocycles. The summed E-state index contributed by atoms with van der Waals surface area (Å²) in [6.45, 7) is 1.66. The van der Waals surface area contributed by atoms with Gasteiger partial charge in [-0.3, -0.25) is 4.79 Å². The molecule has 2 N–H and O–H groups in total. The summed E-state index contributed by atoms with van der Waals surface area (Å²) in [7, 11) is -2.15. The van der Waals surface area contributed by atoms with Crippen LogP contribution in [0.1, 0.15) is 38.5 Å². The molecule has 2 atom stereocenters. The highest BCUT2D eigenvalue weighted by Gasteiger charge is 2.41. The predicted octanol–water partition coefficient (Wildman–Crippen LogP) is 0.811. The molecule has 0 bridgehead atoms. The van der Waals surface area contributed by atoms with E-state index in [-0.39, 0.29) is 18.4 Å². The van der Waals surface area contributed by atoms with Gasteiger partial charge in [0.1, 0.15) is 0 Å². The SMILES string of the molecule is COC(=O)C1CCCCC1S(=O)(=O)NC1CCNCC1.Cl. The van der Waals surface area contributed by atoms with Gasteiger partial charge in [-0.25, -0.2) is 13.1 Å². The van der Waals surface area contributed by atoms with E-state index in [1.807, 2.05) is 0 Å². The number of hydrogen-bond donors (Lipinski definition) is 2. The van der Waals surface area contributed by atoms with Gasteiger partial charge in [-0.15, -0.1) is 12.4 Å². The van der Waals surface area contributed by atoms with E-state index in [1.54, 1.807) is 0 Å². The van der Waals surface area contributed by atoms with Crippen LogP contribution >= 0.6 is 12.4 Å². The van der Waals surface area contributed by atoms with Crippen LogP contribution in [-0.2, 0) is 19.6 Å². The van der Waals surface area contributed by atoms with Gasteiger partial charge in [-0.2, -0.15) is 0 Å². The number of ether oxygens (including phenoxy) is 1. The number of carbonyl (C=O) groups is 1. The Bertz CT molecular complexity index is 437. The van der Waals surface area contributed by atoms with Gasteiger partial charge in [0.2, 0.25) is 10.0 Å². The molecule has 21 heavy (non-hydrogen) atoms. The first-order valence-corrected chi connectivity index (χ1v) is 8.89. The molecule has 1 heterocycles. The molecule has 0 radical (unpaired) electrons. The molecule has 1 saturated heterocycles. The van der Waals surface area contributed by atoms with Crippen molar-refractivity contribution < 1.29 is 17.9 Å². The van der Waals surface area contributed by atoms with Crippen molar-refractivity contribution in [3.63, 3.8) is 0 Å². The smallest absolute Gasteiger partial charge is 0.310 e. The third-order valence-electron chi connectivity index (χ3n) is 4.28. The largest absolute Gasteiger partial charge is 0.469 e. The van der Waals surface area contributed by atoms with E-state index < -0.39 is 27.2 Å². The number of halogens is 1. The topological polar surface area (TPSA) is 84.5 Å². The van der Waals surface area contributed by atoms with Crippen molar-refractivity contribution in [2.75, 3.05) is 20.2 Å². The van der Waals surface area contributed by atoms with Gasteiger partial charge in [0.25, 0.3) is 0 Å². The molecular weight excluding hydrogens is 316 g/mol. The van der Waals surface area contributed by atoms with E-state index in [0.29, 0.717) is 12.8 Å². The molecular formula is C13H25ClN2O4S. The molecule has 0 aromatic carbocycles. The fraction of sp³-hybridized carbons (Fsp3) is 0.923. The zero-order chi connectivity index (χ0) is 14.6. The van der Waals surface area contributed by atoms with Gasteiger partial charge in [-0.05, 0) is 38.8 Å². The minimum Gasteiger partial charge on any atom is -0.469 e. The lowest BCUT2D eigenvalue weighted by molar-refractivity contribution is -0.146. The Labute approximate surface area is 132 Å². The lowest BCUT2D eigenvalue weighted by Crippen LogP contribution is -2.49. The monoisotopic (exact) mass is 340 g/mol. The maximum absolute atomic E-state index is 12.5. The third kappa shape index (κ3) is 4.81. The van der Waals surface area contributed by atoms with Crippen molar-refractivity contribution in [3.05, 3.63) is 0 Å². The fourth-order valence-corrected chi connectivity index (χ4v) is 5.18. The molecule has 2 fully saturated rings. The number of methoxy groups -OCH3 is 1. The number of piperidine rings is 1. The van der Waals surface area contributed by atoms with Gasteiger partial charge >= 0.3 is 5.97 Å². The van der Waals surface area contributed by atoms with E-state index >= 15 is 0 Å². The third-order valence-corrected chi connectivity index (χ3v) is 6.30. The maximum Gasteiger partial charge on any atom is 0.310 e. The first kappa shape index (κ1) is 18.7. The first-order chi connectivity index (χ1) is 9.54. The zero-order valence-electron chi connectivity index (χ0n) is 12.3. The lowest BCUT2D eigenvalue weighted by Gasteiger charge is -2.32. The molecule has 1 aliphatic carbocycles. The molecule has 1 saturated carbocycles. The van der Waals surface area contributed by atoms with E-state index in [0.717, 1.165) is 38.8 Å². The predicted molar refractivity (Wildman–Crippen MR) is 83.0 cm³/mol. The molecule has 0 aromatic heterocycles. The molecule has 0 aromatic rings. The Morgan fingerprint density at radius 3 is 2.38 bits per heavy atom. The highest BCUT2D eigenvalue weighted by atomic mass is 35.5. The summed E-state index contributed by atoms with van der Waals surface area (Å²) in [5.74, 6) is -0.918. The maximum atomic E-state index is 12.5. The minimum atomic E-state index is -3.47. The second kappa shape index (κ2) is 8.31. The van der Waals surface area contributed by atoms with Crippen molar-refractivity contribution in [2.45, 2.75) is 49.8 Å². The summed E-state index contributed by atoms with van der Waals surface area (Å²) < 4.78 is 32.7. The van der Waals surface area contributed by atoms with Crippen molar-refractivity contribution in [1.82, 2.24) is 10.0 Å². The lowest BCUT2D eigenvalue weighted by atomic mass is 9.89. The quantitative estimate of drug-likeness (QED) is 0.740. The van der Waals surface area contributed by atoms with E-state index in [4.69, 9.17) is 4.74 Å². The molecule has 2 unspecified atom stereocenters. The van der Waals surface area contributed by atoms with E-state index in [2.05, 4.69) is 10.0 Å². The normalized spacial score (nSPS) is 27.7.